The van der Waals surface area contributed by atoms with Crippen molar-refractivity contribution >= 4 is 34.8 Å². The second kappa shape index (κ2) is 10.5. The zero-order valence-electron chi connectivity index (χ0n) is 15.8. The number of nitrogens with zero attached hydrogens (tertiary/aromatic N) is 4. The van der Waals surface area contributed by atoms with Crippen LogP contribution in [0.5, 0.6) is 0 Å². The highest BCUT2D eigenvalue weighted by molar-refractivity contribution is 7.15. The van der Waals surface area contributed by atoms with E-state index in [9.17, 15) is 9.59 Å². The van der Waals surface area contributed by atoms with Gasteiger partial charge in [0.25, 0.3) is 6.47 Å². The fourth-order valence-electron chi connectivity index (χ4n) is 2.79. The molecule has 1 saturated heterocycles. The van der Waals surface area contributed by atoms with Crippen LogP contribution in [0.15, 0.2) is 18.3 Å². The quantitative estimate of drug-likeness (QED) is 0.692. The van der Waals surface area contributed by atoms with E-state index < -0.39 is 0 Å². The number of aryl methyl sites for hydroxylation is 2. The summed E-state index contributed by atoms with van der Waals surface area (Å²) in [6, 6.07) is 3.90. The lowest BCUT2D eigenvalue weighted by Gasteiger charge is -2.13. The van der Waals surface area contributed by atoms with E-state index in [1.165, 1.54) is 11.3 Å². The summed E-state index contributed by atoms with van der Waals surface area (Å²) in [5.74, 6) is -0.504. The molecule has 0 aromatic carbocycles. The Morgan fingerprint density at radius 1 is 1.46 bits per heavy atom. The largest absolute Gasteiger partial charge is 0.483 e. The molecule has 2 aromatic heterocycles. The minimum absolute atomic E-state index is 0.0699. The Bertz CT molecular complexity index is 826. The summed E-state index contributed by atoms with van der Waals surface area (Å²) < 4.78 is 0. The van der Waals surface area contributed by atoms with E-state index in [1.54, 1.807) is 11.1 Å². The first-order chi connectivity index (χ1) is 13.5. The normalized spacial score (nSPS) is 15.7. The lowest BCUT2D eigenvalue weighted by molar-refractivity contribution is -0.126. The Morgan fingerprint density at radius 2 is 2.21 bits per heavy atom. The molecule has 1 unspecified atom stereocenters. The number of carbonyl (C=O) groups is 3. The molecule has 3 rings (SSSR count). The molecule has 0 saturated carbocycles. The van der Waals surface area contributed by atoms with Gasteiger partial charge in [0.1, 0.15) is 5.01 Å². The van der Waals surface area contributed by atoms with Gasteiger partial charge >= 0.3 is 0 Å². The van der Waals surface area contributed by atoms with E-state index in [2.05, 4.69) is 20.5 Å². The van der Waals surface area contributed by atoms with Crippen LogP contribution < -0.4 is 10.2 Å². The first-order valence-corrected chi connectivity index (χ1v) is 9.70. The van der Waals surface area contributed by atoms with Crippen molar-refractivity contribution < 1.29 is 19.5 Å². The number of carbonyl (C=O) groups excluding carboxylic acids is 2. The number of pyridine rings is 1. The predicted molar refractivity (Wildman–Crippen MR) is 104 cm³/mol. The Hall–Kier alpha value is -2.88. The van der Waals surface area contributed by atoms with Crippen LogP contribution in [0.2, 0.25) is 0 Å². The SMILES string of the molecule is CCc1nnc(N2CC(C(=O)NCCc3ncccc3C)CC2=O)s1.O=CO. The third-order valence-corrected chi connectivity index (χ3v) is 5.35. The van der Waals surface area contributed by atoms with E-state index >= 15 is 0 Å². The van der Waals surface area contributed by atoms with Gasteiger partial charge in [0.2, 0.25) is 16.9 Å². The molecule has 150 valence electrons. The molecule has 1 aliphatic heterocycles. The monoisotopic (exact) mass is 405 g/mol. The molecule has 0 radical (unpaired) electrons. The molecule has 1 aliphatic rings. The van der Waals surface area contributed by atoms with Crippen LogP contribution in [0.4, 0.5) is 5.13 Å². The molecular weight excluding hydrogens is 382 g/mol. The summed E-state index contributed by atoms with van der Waals surface area (Å²) in [4.78, 5) is 38.8. The van der Waals surface area contributed by atoms with Gasteiger partial charge in [0.05, 0.1) is 5.92 Å². The highest BCUT2D eigenvalue weighted by Gasteiger charge is 2.36. The summed E-state index contributed by atoms with van der Waals surface area (Å²) in [7, 11) is 0. The van der Waals surface area contributed by atoms with Crippen molar-refractivity contribution in [3.05, 3.63) is 34.6 Å². The van der Waals surface area contributed by atoms with E-state index in [0.717, 1.165) is 22.7 Å². The van der Waals surface area contributed by atoms with Crippen LogP contribution >= 0.6 is 11.3 Å². The number of hydrogen-bond acceptors (Lipinski definition) is 7. The highest BCUT2D eigenvalue weighted by atomic mass is 32.1. The van der Waals surface area contributed by atoms with Crippen molar-refractivity contribution in [2.45, 2.75) is 33.1 Å². The summed E-state index contributed by atoms with van der Waals surface area (Å²) in [6.07, 6.45) is 3.44. The molecule has 3 heterocycles. The second-order valence-electron chi connectivity index (χ2n) is 6.15. The minimum atomic E-state index is -0.341. The van der Waals surface area contributed by atoms with Crippen molar-refractivity contribution in [2.75, 3.05) is 18.0 Å². The van der Waals surface area contributed by atoms with Gasteiger partial charge in [0.15, 0.2) is 0 Å². The lowest BCUT2D eigenvalue weighted by Crippen LogP contribution is -2.34. The van der Waals surface area contributed by atoms with Crippen molar-refractivity contribution in [3.8, 4) is 0 Å². The zero-order chi connectivity index (χ0) is 20.5. The lowest BCUT2D eigenvalue weighted by atomic mass is 10.1. The van der Waals surface area contributed by atoms with Crippen LogP contribution in [0.3, 0.4) is 0 Å². The van der Waals surface area contributed by atoms with Gasteiger partial charge in [-0.25, -0.2) is 0 Å². The maximum absolute atomic E-state index is 12.4. The van der Waals surface area contributed by atoms with Gasteiger partial charge in [-0.3, -0.25) is 24.3 Å². The molecule has 2 aromatic rings. The molecule has 0 aliphatic carbocycles. The minimum Gasteiger partial charge on any atom is -0.483 e. The molecular formula is C18H23N5O4S. The number of carboxylic acid groups (broad SMARTS) is 1. The van der Waals surface area contributed by atoms with Crippen molar-refractivity contribution in [1.82, 2.24) is 20.5 Å². The number of nitrogens with one attached hydrogen (secondary N) is 1. The average Bonchev–Trinajstić information content (AvgIpc) is 3.30. The summed E-state index contributed by atoms with van der Waals surface area (Å²) in [5, 5.41) is 19.4. The van der Waals surface area contributed by atoms with Gasteiger partial charge in [-0.15, -0.1) is 10.2 Å². The molecule has 9 nitrogen and oxygen atoms in total. The number of hydrogen-bond donors (Lipinski definition) is 2. The summed E-state index contributed by atoms with van der Waals surface area (Å²) >= 11 is 1.41. The smallest absolute Gasteiger partial charge is 0.290 e. The molecule has 28 heavy (non-hydrogen) atoms. The molecule has 1 atom stereocenters. The Balaban J connectivity index is 0.000000878. The van der Waals surface area contributed by atoms with E-state index in [0.29, 0.717) is 24.6 Å². The zero-order valence-corrected chi connectivity index (χ0v) is 16.6. The fraction of sp³-hybridized carbons (Fsp3) is 0.444. The molecule has 0 spiro atoms. The molecule has 2 amide bonds. The third-order valence-electron chi connectivity index (χ3n) is 4.26. The fourth-order valence-corrected chi connectivity index (χ4v) is 3.60. The number of amides is 2. The van der Waals surface area contributed by atoms with Crippen LogP contribution in [0.1, 0.15) is 29.6 Å². The summed E-state index contributed by atoms with van der Waals surface area (Å²) in [5.41, 5.74) is 2.09. The third kappa shape index (κ3) is 5.56. The predicted octanol–water partition coefficient (Wildman–Crippen LogP) is 1.22. The van der Waals surface area contributed by atoms with Crippen LogP contribution in [0.25, 0.3) is 0 Å². The number of anilines is 1. The van der Waals surface area contributed by atoms with Crippen molar-refractivity contribution in [2.24, 2.45) is 5.92 Å². The van der Waals surface area contributed by atoms with E-state index in [4.69, 9.17) is 9.90 Å². The van der Waals surface area contributed by atoms with Crippen LogP contribution in [0, 0.1) is 12.8 Å². The van der Waals surface area contributed by atoms with Gasteiger partial charge in [-0.2, -0.15) is 0 Å². The van der Waals surface area contributed by atoms with Crippen molar-refractivity contribution in [3.63, 3.8) is 0 Å². The van der Waals surface area contributed by atoms with E-state index in [1.807, 2.05) is 26.0 Å². The maximum atomic E-state index is 12.4. The Kier molecular flexibility index (Phi) is 8.00. The first-order valence-electron chi connectivity index (χ1n) is 8.88. The molecule has 0 bridgehead atoms. The molecule has 1 fully saturated rings. The topological polar surface area (TPSA) is 125 Å². The Morgan fingerprint density at radius 3 is 2.86 bits per heavy atom. The van der Waals surface area contributed by atoms with Crippen LogP contribution in [-0.4, -0.2) is 51.7 Å². The van der Waals surface area contributed by atoms with Gasteiger partial charge in [-0.05, 0) is 25.0 Å². The first kappa shape index (κ1) is 21.4. The van der Waals surface area contributed by atoms with Crippen LogP contribution in [-0.2, 0) is 27.2 Å². The van der Waals surface area contributed by atoms with Gasteiger partial charge in [0, 0.05) is 37.8 Å². The maximum Gasteiger partial charge on any atom is 0.290 e. The van der Waals surface area contributed by atoms with Gasteiger partial charge in [-0.1, -0.05) is 24.3 Å². The number of aromatic nitrogens is 3. The molecule has 2 N–H and O–H groups in total. The van der Waals surface area contributed by atoms with Gasteiger partial charge < -0.3 is 10.4 Å². The highest BCUT2D eigenvalue weighted by Crippen LogP contribution is 2.28. The standard InChI is InChI=1S/C17H21N5O2S.CH2O2/c1-3-14-20-21-17(25-14)22-10-12(9-15(22)23)16(24)19-8-6-13-11(2)5-4-7-18-13;2-1-3/h4-5,7,12H,3,6,8-10H2,1-2H3,(H,19,24);1H,(H,2,3). The van der Waals surface area contributed by atoms with E-state index in [-0.39, 0.29) is 30.6 Å². The Labute approximate surface area is 166 Å². The number of rotatable bonds is 6. The average molecular weight is 405 g/mol. The molecule has 10 heteroatoms. The summed E-state index contributed by atoms with van der Waals surface area (Å²) in [6.45, 7) is 4.63. The second-order valence-corrected chi connectivity index (χ2v) is 7.19. The van der Waals surface area contributed by atoms with Crippen molar-refractivity contribution in [1.29, 1.82) is 0 Å².